The van der Waals surface area contributed by atoms with Crippen LogP contribution in [0.3, 0.4) is 0 Å². The van der Waals surface area contributed by atoms with Crippen LogP contribution in [-0.2, 0) is 4.74 Å². The largest absolute Gasteiger partial charge is 0.375 e. The molecule has 82 valence electrons. The van der Waals surface area contributed by atoms with E-state index in [9.17, 15) is 8.78 Å². The quantitative estimate of drug-likeness (QED) is 0.770. The number of ether oxygens (including phenoxy) is 1. The van der Waals surface area contributed by atoms with Gasteiger partial charge in [-0.3, -0.25) is 0 Å². The van der Waals surface area contributed by atoms with Gasteiger partial charge in [-0.25, -0.2) is 8.78 Å². The Bertz CT molecular complexity index is 356. The molecule has 0 aliphatic carbocycles. The molecule has 0 bridgehead atoms. The Morgan fingerprint density at radius 2 is 2.20 bits per heavy atom. The number of nitrogens with one attached hydrogen (secondary N) is 1. The van der Waals surface area contributed by atoms with Gasteiger partial charge in [0.05, 0.1) is 18.8 Å². The van der Waals surface area contributed by atoms with Gasteiger partial charge in [-0.2, -0.15) is 0 Å². The summed E-state index contributed by atoms with van der Waals surface area (Å²) in [7, 11) is 0. The molecule has 0 amide bonds. The van der Waals surface area contributed by atoms with Gasteiger partial charge in [0.2, 0.25) is 0 Å². The Morgan fingerprint density at radius 1 is 1.40 bits per heavy atom. The maximum absolute atomic E-state index is 13.5. The van der Waals surface area contributed by atoms with Crippen molar-refractivity contribution in [2.45, 2.75) is 19.1 Å². The van der Waals surface area contributed by atoms with Crippen LogP contribution in [0.4, 0.5) is 8.78 Å². The molecule has 2 nitrogen and oxygen atoms in total. The van der Waals surface area contributed by atoms with Crippen LogP contribution in [0.1, 0.15) is 18.5 Å². The molecule has 1 fully saturated rings. The molecule has 1 aliphatic rings. The van der Waals surface area contributed by atoms with Crippen LogP contribution < -0.4 is 5.32 Å². The highest BCUT2D eigenvalue weighted by molar-refractivity contribution is 5.23. The summed E-state index contributed by atoms with van der Waals surface area (Å²) in [5.41, 5.74) is 0.335. The molecule has 0 aromatic heterocycles. The van der Waals surface area contributed by atoms with Crippen molar-refractivity contribution in [2.24, 2.45) is 0 Å². The van der Waals surface area contributed by atoms with Gasteiger partial charge < -0.3 is 10.1 Å². The number of hydrogen-bond donors (Lipinski definition) is 1. The van der Waals surface area contributed by atoms with E-state index in [1.54, 1.807) is 0 Å². The van der Waals surface area contributed by atoms with Gasteiger partial charge in [-0.1, -0.05) is 0 Å². The third kappa shape index (κ3) is 2.16. The third-order valence-corrected chi connectivity index (χ3v) is 2.61. The Labute approximate surface area is 87.2 Å². The predicted octanol–water partition coefficient (Wildman–Crippen LogP) is 2.01. The topological polar surface area (TPSA) is 21.3 Å². The lowest BCUT2D eigenvalue weighted by molar-refractivity contribution is 0.00653. The summed E-state index contributed by atoms with van der Waals surface area (Å²) < 4.78 is 31.8. The molecular weight excluding hydrogens is 200 g/mol. The molecule has 4 heteroatoms. The summed E-state index contributed by atoms with van der Waals surface area (Å²) in [5, 5.41) is 3.12. The van der Waals surface area contributed by atoms with Crippen molar-refractivity contribution < 1.29 is 13.5 Å². The monoisotopic (exact) mass is 213 g/mol. The van der Waals surface area contributed by atoms with Gasteiger partial charge in [0.15, 0.2) is 0 Å². The lowest BCUT2D eigenvalue weighted by Crippen LogP contribution is -2.40. The molecule has 1 heterocycles. The van der Waals surface area contributed by atoms with Crippen molar-refractivity contribution >= 4 is 0 Å². The highest BCUT2D eigenvalue weighted by atomic mass is 19.1. The fourth-order valence-electron chi connectivity index (χ4n) is 1.84. The summed E-state index contributed by atoms with van der Waals surface area (Å²) in [5.74, 6) is -0.822. The number of halogens is 2. The van der Waals surface area contributed by atoms with Crippen LogP contribution in [0.25, 0.3) is 0 Å². The molecule has 1 N–H and O–H groups in total. The minimum Gasteiger partial charge on any atom is -0.375 e. The Balaban J connectivity index is 2.30. The number of morpholine rings is 1. The normalized spacial score (nSPS) is 26.6. The lowest BCUT2D eigenvalue weighted by Gasteiger charge is -2.30. The minimum absolute atomic E-state index is 0.143. The summed E-state index contributed by atoms with van der Waals surface area (Å²) in [6, 6.07) is 3.22. The number of rotatable bonds is 1. The molecule has 1 aromatic rings. The van der Waals surface area contributed by atoms with E-state index in [-0.39, 0.29) is 12.1 Å². The van der Waals surface area contributed by atoms with Crippen molar-refractivity contribution in [3.05, 3.63) is 35.4 Å². The van der Waals surface area contributed by atoms with E-state index in [4.69, 9.17) is 4.74 Å². The van der Waals surface area contributed by atoms with E-state index in [0.29, 0.717) is 18.7 Å². The Morgan fingerprint density at radius 3 is 2.93 bits per heavy atom. The van der Waals surface area contributed by atoms with E-state index in [0.717, 1.165) is 12.1 Å². The Kier molecular flexibility index (Phi) is 2.98. The van der Waals surface area contributed by atoms with Gasteiger partial charge >= 0.3 is 0 Å². The second kappa shape index (κ2) is 4.24. The van der Waals surface area contributed by atoms with Gasteiger partial charge in [0.25, 0.3) is 0 Å². The molecule has 1 aliphatic heterocycles. The summed E-state index contributed by atoms with van der Waals surface area (Å²) in [4.78, 5) is 0. The van der Waals surface area contributed by atoms with E-state index < -0.39 is 11.6 Å². The Hall–Kier alpha value is -1.00. The van der Waals surface area contributed by atoms with Crippen molar-refractivity contribution in [1.82, 2.24) is 5.32 Å². The summed E-state index contributed by atoms with van der Waals surface area (Å²) in [6.07, 6.45) is -0.143. The van der Waals surface area contributed by atoms with Crippen LogP contribution >= 0.6 is 0 Å². The number of hydrogen-bond acceptors (Lipinski definition) is 2. The zero-order valence-electron chi connectivity index (χ0n) is 8.47. The average Bonchev–Trinajstić information content (AvgIpc) is 2.23. The fraction of sp³-hybridized carbons (Fsp3) is 0.455. The smallest absolute Gasteiger partial charge is 0.128 e. The zero-order chi connectivity index (χ0) is 10.8. The highest BCUT2D eigenvalue weighted by Gasteiger charge is 2.25. The number of benzene rings is 1. The predicted molar refractivity (Wildman–Crippen MR) is 52.5 cm³/mol. The molecule has 2 unspecified atom stereocenters. The van der Waals surface area contributed by atoms with Crippen LogP contribution in [0, 0.1) is 11.6 Å². The SMILES string of the molecule is CC1OCCNC1c1cc(F)ccc1F. The van der Waals surface area contributed by atoms with Crippen LogP contribution in [0.15, 0.2) is 18.2 Å². The van der Waals surface area contributed by atoms with Gasteiger partial charge in [0, 0.05) is 12.1 Å². The van der Waals surface area contributed by atoms with E-state index in [1.807, 2.05) is 6.92 Å². The molecule has 1 aromatic carbocycles. The van der Waals surface area contributed by atoms with Crippen molar-refractivity contribution in [1.29, 1.82) is 0 Å². The first kappa shape index (κ1) is 10.5. The molecule has 0 radical (unpaired) electrons. The lowest BCUT2D eigenvalue weighted by atomic mass is 10.0. The standard InChI is InChI=1S/C11H13F2NO/c1-7-11(14-4-5-15-7)9-6-8(12)2-3-10(9)13/h2-3,6-7,11,14H,4-5H2,1H3. The molecule has 0 saturated carbocycles. The maximum Gasteiger partial charge on any atom is 0.128 e. The fourth-order valence-corrected chi connectivity index (χ4v) is 1.84. The molecule has 1 saturated heterocycles. The van der Waals surface area contributed by atoms with Crippen molar-refractivity contribution in [3.63, 3.8) is 0 Å². The van der Waals surface area contributed by atoms with Gasteiger partial charge in [-0.05, 0) is 25.1 Å². The minimum atomic E-state index is -0.425. The molecule has 15 heavy (non-hydrogen) atoms. The van der Waals surface area contributed by atoms with Crippen LogP contribution in [0.2, 0.25) is 0 Å². The van der Waals surface area contributed by atoms with Crippen molar-refractivity contribution in [2.75, 3.05) is 13.2 Å². The second-order valence-corrected chi connectivity index (χ2v) is 3.67. The zero-order valence-corrected chi connectivity index (χ0v) is 8.47. The van der Waals surface area contributed by atoms with Gasteiger partial charge in [-0.15, -0.1) is 0 Å². The third-order valence-electron chi connectivity index (χ3n) is 2.61. The van der Waals surface area contributed by atoms with E-state index >= 15 is 0 Å². The maximum atomic E-state index is 13.5. The first-order valence-electron chi connectivity index (χ1n) is 4.98. The summed E-state index contributed by atoms with van der Waals surface area (Å²) >= 11 is 0. The molecule has 2 rings (SSSR count). The highest BCUT2D eigenvalue weighted by Crippen LogP contribution is 2.24. The average molecular weight is 213 g/mol. The summed E-state index contributed by atoms with van der Waals surface area (Å²) in [6.45, 7) is 3.11. The van der Waals surface area contributed by atoms with E-state index in [1.165, 1.54) is 6.07 Å². The van der Waals surface area contributed by atoms with Gasteiger partial charge in [0.1, 0.15) is 11.6 Å². The molecule has 2 atom stereocenters. The first-order chi connectivity index (χ1) is 7.18. The molecule has 0 spiro atoms. The van der Waals surface area contributed by atoms with Crippen LogP contribution in [0.5, 0.6) is 0 Å². The molecular formula is C11H13F2NO. The second-order valence-electron chi connectivity index (χ2n) is 3.67. The van der Waals surface area contributed by atoms with Crippen molar-refractivity contribution in [3.8, 4) is 0 Å². The van der Waals surface area contributed by atoms with Crippen LogP contribution in [-0.4, -0.2) is 19.3 Å². The van der Waals surface area contributed by atoms with E-state index in [2.05, 4.69) is 5.32 Å². The first-order valence-corrected chi connectivity index (χ1v) is 4.98.